The van der Waals surface area contributed by atoms with E-state index in [1.807, 2.05) is 65.3 Å². The maximum atomic E-state index is 14.6. The van der Waals surface area contributed by atoms with Gasteiger partial charge in [-0.05, 0) is 96.8 Å². The Morgan fingerprint density at radius 1 is 0.827 bits per heavy atom. The molecule has 0 saturated heterocycles. The van der Waals surface area contributed by atoms with Crippen LogP contribution >= 0.6 is 11.9 Å². The number of unbranched alkanes of at least 4 members (excludes halogenated alkanes) is 2. The molecule has 0 radical (unpaired) electrons. The van der Waals surface area contributed by atoms with E-state index in [2.05, 4.69) is 43.7 Å². The monoisotopic (exact) mass is 715 g/mol. The van der Waals surface area contributed by atoms with Crippen LogP contribution in [0.25, 0.3) is 16.5 Å². The van der Waals surface area contributed by atoms with Gasteiger partial charge in [0.1, 0.15) is 0 Å². The number of rotatable bonds is 14. The number of carbonyl (C=O) groups excluding carboxylic acids is 3. The Morgan fingerprint density at radius 2 is 1.54 bits per heavy atom. The maximum Gasteiger partial charge on any atom is 0.274 e. The molecule has 1 aliphatic heterocycles. The van der Waals surface area contributed by atoms with Gasteiger partial charge in [0, 0.05) is 47.9 Å². The number of nitrogens with one attached hydrogen (secondary N) is 1. The number of hydrogen-bond acceptors (Lipinski definition) is 5. The van der Waals surface area contributed by atoms with Crippen LogP contribution < -0.4 is 4.72 Å². The van der Waals surface area contributed by atoms with Crippen LogP contribution in [0.5, 0.6) is 0 Å². The van der Waals surface area contributed by atoms with E-state index in [0.717, 1.165) is 71.0 Å². The minimum absolute atomic E-state index is 0.0607. The van der Waals surface area contributed by atoms with Gasteiger partial charge < -0.3 is 9.80 Å². The first-order chi connectivity index (χ1) is 25.3. The molecule has 9 heteroatoms. The number of carbonyl (C=O) groups is 3. The topological polar surface area (TPSA) is 87.5 Å². The number of amides is 3. The van der Waals surface area contributed by atoms with Crippen LogP contribution in [0.1, 0.15) is 106 Å². The predicted octanol–water partition coefficient (Wildman–Crippen LogP) is 8.96. The summed E-state index contributed by atoms with van der Waals surface area (Å²) in [6.45, 7) is 10.8. The van der Waals surface area contributed by atoms with Crippen molar-refractivity contribution in [1.29, 1.82) is 0 Å². The van der Waals surface area contributed by atoms with Crippen molar-refractivity contribution in [3.05, 3.63) is 124 Å². The van der Waals surface area contributed by atoms with Crippen molar-refractivity contribution in [2.75, 3.05) is 19.6 Å². The lowest BCUT2D eigenvalue weighted by Gasteiger charge is -2.29. The molecular weight excluding hydrogens is 667 g/mol. The van der Waals surface area contributed by atoms with Crippen molar-refractivity contribution in [2.24, 2.45) is 0 Å². The Labute approximate surface area is 311 Å². The van der Waals surface area contributed by atoms with Crippen molar-refractivity contribution in [1.82, 2.24) is 24.3 Å². The van der Waals surface area contributed by atoms with E-state index in [-0.39, 0.29) is 17.7 Å². The molecule has 52 heavy (non-hydrogen) atoms. The summed E-state index contributed by atoms with van der Waals surface area (Å²) >= 11 is 1.25. The number of benzene rings is 4. The number of aromatic nitrogens is 2. The lowest BCUT2D eigenvalue weighted by molar-refractivity contribution is 0.0732. The highest BCUT2D eigenvalue weighted by molar-refractivity contribution is 7.98. The van der Waals surface area contributed by atoms with Gasteiger partial charge in [-0.15, -0.1) is 0 Å². The van der Waals surface area contributed by atoms with Crippen LogP contribution in [-0.2, 0) is 19.4 Å². The molecule has 6 rings (SSSR count). The third kappa shape index (κ3) is 8.10. The van der Waals surface area contributed by atoms with Gasteiger partial charge in [0.15, 0.2) is 5.69 Å². The van der Waals surface area contributed by atoms with E-state index in [1.165, 1.54) is 17.5 Å². The third-order valence-electron chi connectivity index (χ3n) is 9.91. The number of nitrogens with zero attached hydrogens (tertiary/aromatic N) is 4. The zero-order valence-corrected chi connectivity index (χ0v) is 31.6. The van der Waals surface area contributed by atoms with E-state index >= 15 is 0 Å². The Morgan fingerprint density at radius 3 is 2.27 bits per heavy atom. The van der Waals surface area contributed by atoms with Gasteiger partial charge in [0.25, 0.3) is 17.7 Å². The summed E-state index contributed by atoms with van der Waals surface area (Å²) in [5.41, 5.74) is 5.87. The molecule has 3 amide bonds. The van der Waals surface area contributed by atoms with Crippen molar-refractivity contribution in [2.45, 2.75) is 84.1 Å². The first kappa shape index (κ1) is 36.9. The molecule has 0 unspecified atom stereocenters. The molecule has 2 heterocycles. The van der Waals surface area contributed by atoms with E-state index < -0.39 is 0 Å². The minimum atomic E-state index is -0.301. The van der Waals surface area contributed by atoms with Gasteiger partial charge in [0.05, 0.1) is 11.3 Å². The van der Waals surface area contributed by atoms with Gasteiger partial charge in [0.2, 0.25) is 0 Å². The van der Waals surface area contributed by atoms with Gasteiger partial charge in [-0.2, -0.15) is 5.10 Å². The average Bonchev–Trinajstić information content (AvgIpc) is 3.50. The van der Waals surface area contributed by atoms with E-state index in [1.54, 1.807) is 22.9 Å². The van der Waals surface area contributed by atoms with E-state index in [0.29, 0.717) is 55.1 Å². The predicted molar refractivity (Wildman–Crippen MR) is 210 cm³/mol. The summed E-state index contributed by atoms with van der Waals surface area (Å²) in [7, 11) is 0. The molecule has 1 aromatic heterocycles. The molecule has 0 saturated carbocycles. The number of hydrogen-bond donors (Lipinski definition) is 1. The summed E-state index contributed by atoms with van der Waals surface area (Å²) in [5.74, 6) is -0.534. The summed E-state index contributed by atoms with van der Waals surface area (Å²) in [4.78, 5) is 47.1. The lowest BCUT2D eigenvalue weighted by Crippen LogP contribution is -2.36. The van der Waals surface area contributed by atoms with Crippen LogP contribution in [0, 0.1) is 6.92 Å². The highest BCUT2D eigenvalue weighted by Crippen LogP contribution is 2.29. The summed E-state index contributed by atoms with van der Waals surface area (Å²) < 4.78 is 4.74. The molecule has 0 aliphatic carbocycles. The summed E-state index contributed by atoms with van der Waals surface area (Å²) in [5, 5.41) is 7.21. The molecule has 0 fully saturated rings. The van der Waals surface area contributed by atoms with Crippen LogP contribution in [-0.4, -0.2) is 56.9 Å². The molecular formula is C43H49N5O3S. The Balaban J connectivity index is 1.37. The Kier molecular flexibility index (Phi) is 12.1. The highest BCUT2D eigenvalue weighted by Gasteiger charge is 2.29. The molecule has 1 aliphatic rings. The van der Waals surface area contributed by atoms with Crippen LogP contribution in [0.15, 0.2) is 89.8 Å². The van der Waals surface area contributed by atoms with Crippen LogP contribution in [0.4, 0.5) is 0 Å². The fourth-order valence-corrected chi connectivity index (χ4v) is 7.57. The zero-order chi connectivity index (χ0) is 36.6. The SMILES string of the molecule is CCCCN(CCCC)C(=O)c1nn(-c2ccc(C(=O)NSc3ccc4ccccc4c3)cc2C(=O)N2CCc3ccccc3C2)c(C)c1CCC. The zero-order valence-electron chi connectivity index (χ0n) is 30.8. The maximum absolute atomic E-state index is 14.6. The fraction of sp³-hybridized carbons (Fsp3) is 0.349. The molecule has 0 spiro atoms. The minimum Gasteiger partial charge on any atom is -0.337 e. The molecule has 4 aromatic carbocycles. The first-order valence-corrected chi connectivity index (χ1v) is 19.5. The Bertz CT molecular complexity index is 2060. The third-order valence-corrected chi connectivity index (χ3v) is 10.7. The molecule has 270 valence electrons. The average molecular weight is 716 g/mol. The molecule has 1 N–H and O–H groups in total. The van der Waals surface area contributed by atoms with Crippen molar-refractivity contribution in [3.8, 4) is 5.69 Å². The van der Waals surface area contributed by atoms with Gasteiger partial charge in [-0.1, -0.05) is 94.6 Å². The van der Waals surface area contributed by atoms with Crippen molar-refractivity contribution < 1.29 is 14.4 Å². The van der Waals surface area contributed by atoms with Gasteiger partial charge in [-0.3, -0.25) is 19.1 Å². The molecule has 5 aromatic rings. The first-order valence-electron chi connectivity index (χ1n) is 18.7. The second kappa shape index (κ2) is 17.1. The van der Waals surface area contributed by atoms with Crippen molar-refractivity contribution in [3.63, 3.8) is 0 Å². The normalized spacial score (nSPS) is 12.5. The van der Waals surface area contributed by atoms with Gasteiger partial charge >= 0.3 is 0 Å². The summed E-state index contributed by atoms with van der Waals surface area (Å²) in [6.07, 6.45) is 6.16. The van der Waals surface area contributed by atoms with Gasteiger partial charge in [-0.25, -0.2) is 4.68 Å². The molecule has 8 nitrogen and oxygen atoms in total. The quantitative estimate of drug-likeness (QED) is 0.116. The molecule has 0 atom stereocenters. The second-order valence-corrected chi connectivity index (χ2v) is 14.5. The van der Waals surface area contributed by atoms with Crippen LogP contribution in [0.3, 0.4) is 0 Å². The standard InChI is InChI=1S/C43H49N5O3S/c1-5-8-24-46(25-9-6-2)43(51)40-37(14-7-3)30(4)48(44-40)39-22-20-34(41(49)45-52-36-21-19-31-15-10-12-17-33(31)27-36)28-38(39)42(50)47-26-23-32-16-11-13-18-35(32)29-47/h10-13,15-22,27-28H,5-9,14,23-26,29H2,1-4H3,(H,45,49). The van der Waals surface area contributed by atoms with E-state index in [4.69, 9.17) is 5.10 Å². The summed E-state index contributed by atoms with van der Waals surface area (Å²) in [6, 6.07) is 27.6. The van der Waals surface area contributed by atoms with E-state index in [9.17, 15) is 14.4 Å². The second-order valence-electron chi connectivity index (χ2n) is 13.6. The lowest BCUT2D eigenvalue weighted by atomic mass is 9.98. The Hall–Kier alpha value is -4.89. The molecule has 0 bridgehead atoms. The smallest absolute Gasteiger partial charge is 0.274 e. The van der Waals surface area contributed by atoms with Crippen LogP contribution in [0.2, 0.25) is 0 Å². The largest absolute Gasteiger partial charge is 0.337 e. The number of fused-ring (bicyclic) bond motifs is 2. The van der Waals surface area contributed by atoms with Crippen molar-refractivity contribution >= 4 is 40.4 Å². The highest BCUT2D eigenvalue weighted by atomic mass is 32.2. The fourth-order valence-electron chi connectivity index (χ4n) is 6.92.